The number of H-pyrrole nitrogens is 1. The quantitative estimate of drug-likeness (QED) is 0.321. The molecule has 3 aromatic carbocycles. The van der Waals surface area contributed by atoms with Gasteiger partial charge in [0.2, 0.25) is 11.9 Å². The van der Waals surface area contributed by atoms with Crippen LogP contribution in [-0.2, 0) is 0 Å². The minimum atomic E-state index is -2.64. The van der Waals surface area contributed by atoms with E-state index in [1.54, 1.807) is 10.8 Å². The predicted octanol–water partition coefficient (Wildman–Crippen LogP) is 2.97. The molecule has 174 valence electrons. The number of nitrogens with one attached hydrogen (secondary N) is 1. The minimum absolute atomic E-state index is 0.0252. The predicted molar refractivity (Wildman–Crippen MR) is 142 cm³/mol. The van der Waals surface area contributed by atoms with E-state index in [9.17, 15) is 9.90 Å². The molecular formula is C26H23N6O2P. The molecule has 0 amide bonds. The zero-order chi connectivity index (χ0) is 24.3. The number of imidazole rings is 1. The molecule has 9 heteroatoms. The third-order valence-electron chi connectivity index (χ3n) is 5.54. The number of nitrogens with two attached hydrogens (primary N) is 1. The highest BCUT2D eigenvalue weighted by molar-refractivity contribution is 7.87. The molecule has 0 spiro atoms. The third-order valence-corrected chi connectivity index (χ3v) is 9.15. The summed E-state index contributed by atoms with van der Waals surface area (Å²) in [6, 6.07) is 30.3. The molecule has 0 unspecified atom stereocenters. The molecule has 4 N–H and O–H groups in total. The molecule has 0 aliphatic heterocycles. The van der Waals surface area contributed by atoms with Gasteiger partial charge in [-0.25, -0.2) is 9.73 Å². The number of aliphatic hydroxyl groups excluding tert-OH is 1. The van der Waals surface area contributed by atoms with Gasteiger partial charge in [0, 0.05) is 22.1 Å². The summed E-state index contributed by atoms with van der Waals surface area (Å²) in [5.41, 5.74) is 5.76. The van der Waals surface area contributed by atoms with Gasteiger partial charge in [0.1, 0.15) is 0 Å². The van der Waals surface area contributed by atoms with E-state index < -0.39 is 12.6 Å². The van der Waals surface area contributed by atoms with Crippen molar-refractivity contribution in [2.45, 2.75) is 0 Å². The van der Waals surface area contributed by atoms with Gasteiger partial charge < -0.3 is 10.8 Å². The van der Waals surface area contributed by atoms with E-state index in [1.165, 1.54) is 6.08 Å². The Morgan fingerprint density at radius 3 is 1.89 bits per heavy atom. The van der Waals surface area contributed by atoms with Crippen molar-refractivity contribution in [3.8, 4) is 0 Å². The van der Waals surface area contributed by atoms with Gasteiger partial charge in [0.25, 0.3) is 5.56 Å². The molecule has 0 saturated heterocycles. The first-order chi connectivity index (χ1) is 17.1. The summed E-state index contributed by atoms with van der Waals surface area (Å²) < 4.78 is 6.96. The van der Waals surface area contributed by atoms with Gasteiger partial charge in [-0.05, 0) is 6.08 Å². The molecule has 5 aromatic rings. The number of aliphatic hydroxyl groups is 1. The van der Waals surface area contributed by atoms with Crippen molar-refractivity contribution < 1.29 is 5.11 Å². The molecule has 5 rings (SSSR count). The Kier molecular flexibility index (Phi) is 6.14. The molecule has 0 atom stereocenters. The molecule has 2 heterocycles. The zero-order valence-corrected chi connectivity index (χ0v) is 19.6. The summed E-state index contributed by atoms with van der Waals surface area (Å²) in [6.07, 6.45) is 3.14. The first-order valence-electron chi connectivity index (χ1n) is 11.0. The van der Waals surface area contributed by atoms with E-state index in [4.69, 9.17) is 10.5 Å². The summed E-state index contributed by atoms with van der Waals surface area (Å²) in [6.45, 7) is -0.200. The van der Waals surface area contributed by atoms with Crippen LogP contribution in [0.5, 0.6) is 0 Å². The summed E-state index contributed by atoms with van der Waals surface area (Å²) in [5, 5.41) is 12.5. The second-order valence-electron chi connectivity index (χ2n) is 7.71. The van der Waals surface area contributed by atoms with Crippen molar-refractivity contribution in [2.24, 2.45) is 4.74 Å². The Labute approximate surface area is 201 Å². The van der Waals surface area contributed by atoms with Crippen molar-refractivity contribution in [3.05, 3.63) is 107 Å². The Morgan fingerprint density at radius 2 is 1.40 bits per heavy atom. The molecule has 8 nitrogen and oxygen atoms in total. The normalized spacial score (nSPS) is 11.8. The van der Waals surface area contributed by atoms with Crippen LogP contribution in [0.1, 0.15) is 0 Å². The van der Waals surface area contributed by atoms with Crippen molar-refractivity contribution in [1.82, 2.24) is 19.5 Å². The number of fused-ring (bicyclic) bond motifs is 1. The lowest BCUT2D eigenvalue weighted by Gasteiger charge is -2.26. The van der Waals surface area contributed by atoms with Gasteiger partial charge >= 0.3 is 0 Å². The van der Waals surface area contributed by atoms with Crippen LogP contribution in [0.2, 0.25) is 0 Å². The zero-order valence-electron chi connectivity index (χ0n) is 18.7. The highest BCUT2D eigenvalue weighted by atomic mass is 31.2. The van der Waals surface area contributed by atoms with Gasteiger partial charge in [-0.2, -0.15) is 4.98 Å². The Hall–Kier alpha value is -4.26. The summed E-state index contributed by atoms with van der Waals surface area (Å²) in [4.78, 5) is 24.1. The number of hydrogen-bond donors (Lipinski definition) is 3. The molecule has 0 bridgehead atoms. The van der Waals surface area contributed by atoms with Crippen molar-refractivity contribution in [2.75, 3.05) is 12.3 Å². The fraction of sp³-hybridized carbons (Fsp3) is 0.0385. The highest BCUT2D eigenvalue weighted by Gasteiger charge is 2.29. The van der Waals surface area contributed by atoms with Gasteiger partial charge in [0.05, 0.1) is 13.7 Å². The van der Waals surface area contributed by atoms with E-state index in [-0.39, 0.29) is 29.7 Å². The van der Waals surface area contributed by atoms with Crippen LogP contribution in [0.3, 0.4) is 0 Å². The van der Waals surface area contributed by atoms with E-state index in [1.807, 2.05) is 54.6 Å². The molecule has 35 heavy (non-hydrogen) atoms. The fourth-order valence-electron chi connectivity index (χ4n) is 4.04. The molecule has 0 aliphatic carbocycles. The van der Waals surface area contributed by atoms with Crippen molar-refractivity contribution in [3.63, 3.8) is 0 Å². The number of rotatable bonds is 6. The Balaban J connectivity index is 1.97. The first-order valence-corrected chi connectivity index (χ1v) is 12.7. The second-order valence-corrected chi connectivity index (χ2v) is 10.7. The van der Waals surface area contributed by atoms with Crippen LogP contribution in [0.15, 0.2) is 107 Å². The summed E-state index contributed by atoms with van der Waals surface area (Å²) >= 11 is 0. The monoisotopic (exact) mass is 482 g/mol. The second kappa shape index (κ2) is 9.54. The fourth-order valence-corrected chi connectivity index (χ4v) is 7.50. The maximum absolute atomic E-state index is 12.7. The molecular weight excluding hydrogens is 459 g/mol. The van der Waals surface area contributed by atoms with Crippen LogP contribution in [-0.4, -0.2) is 31.2 Å². The van der Waals surface area contributed by atoms with E-state index in [0.29, 0.717) is 0 Å². The Bertz CT molecular complexity index is 1510. The van der Waals surface area contributed by atoms with Gasteiger partial charge in [-0.1, -0.05) is 91.0 Å². The number of benzene rings is 3. The standard InChI is InChI=1S/C26H23N6O2P/c27-25-29-23-22(24(34)30-25)28-26(32(23)17-10-18-33)31-35(19-11-4-1-5-12-19,20-13-6-2-7-14-20)21-15-8-3-9-16-21/h1-17,33H,18H2,(H3,27,29,30,34). The van der Waals surface area contributed by atoms with E-state index in [0.717, 1.165) is 15.9 Å². The molecule has 0 radical (unpaired) electrons. The summed E-state index contributed by atoms with van der Waals surface area (Å²) in [7, 11) is -2.64. The Morgan fingerprint density at radius 1 is 0.886 bits per heavy atom. The molecule has 0 saturated carbocycles. The number of aromatic nitrogens is 4. The topological polar surface area (TPSA) is 122 Å². The van der Waals surface area contributed by atoms with Crippen LogP contribution in [0.25, 0.3) is 17.4 Å². The van der Waals surface area contributed by atoms with Crippen molar-refractivity contribution in [1.29, 1.82) is 0 Å². The maximum atomic E-state index is 12.7. The smallest absolute Gasteiger partial charge is 0.280 e. The van der Waals surface area contributed by atoms with Crippen LogP contribution in [0, 0.1) is 0 Å². The number of anilines is 1. The number of nitrogens with zero attached hydrogens (tertiary/aromatic N) is 4. The van der Waals surface area contributed by atoms with Crippen molar-refractivity contribution >= 4 is 52.2 Å². The van der Waals surface area contributed by atoms with Gasteiger partial charge in [-0.15, -0.1) is 0 Å². The highest BCUT2D eigenvalue weighted by Crippen LogP contribution is 2.49. The van der Waals surface area contributed by atoms with E-state index >= 15 is 0 Å². The number of aromatic amines is 1. The molecule has 0 aliphatic rings. The van der Waals surface area contributed by atoms with E-state index in [2.05, 4.69) is 51.4 Å². The lowest BCUT2D eigenvalue weighted by Crippen LogP contribution is -2.25. The lowest BCUT2D eigenvalue weighted by atomic mass is 10.4. The van der Waals surface area contributed by atoms with Crippen LogP contribution in [0.4, 0.5) is 11.9 Å². The minimum Gasteiger partial charge on any atom is -0.392 e. The molecule has 0 fully saturated rings. The SMILES string of the molecule is Nc1nc2c(nc(N=P(c3ccccc3)(c3ccccc3)c3ccccc3)n2C=CCO)c(=O)[nH]1. The first kappa shape index (κ1) is 22.5. The maximum Gasteiger partial charge on any atom is 0.280 e. The number of nitrogen functional groups attached to an aromatic ring is 1. The largest absolute Gasteiger partial charge is 0.392 e. The van der Waals surface area contributed by atoms with Gasteiger partial charge in [-0.3, -0.25) is 14.3 Å². The average Bonchev–Trinajstić information content (AvgIpc) is 3.24. The summed E-state index contributed by atoms with van der Waals surface area (Å²) in [5.74, 6) is 0.265. The van der Waals surface area contributed by atoms with Crippen LogP contribution >= 0.6 is 7.05 Å². The lowest BCUT2D eigenvalue weighted by molar-refractivity contribution is 0.343. The number of hydrogen-bond acceptors (Lipinski definition) is 6. The average molecular weight is 482 g/mol. The van der Waals surface area contributed by atoms with Crippen LogP contribution < -0.4 is 27.2 Å². The molecule has 2 aromatic heterocycles. The third kappa shape index (κ3) is 4.10. The van der Waals surface area contributed by atoms with Gasteiger partial charge in [0.15, 0.2) is 11.2 Å².